The van der Waals surface area contributed by atoms with Crippen LogP contribution >= 0.6 is 0 Å². The van der Waals surface area contributed by atoms with Gasteiger partial charge >= 0.3 is 0 Å². The van der Waals surface area contributed by atoms with Crippen molar-refractivity contribution in [1.29, 1.82) is 0 Å². The van der Waals surface area contributed by atoms with Crippen LogP contribution in [0.3, 0.4) is 0 Å². The first kappa shape index (κ1) is 19.6. The van der Waals surface area contributed by atoms with Gasteiger partial charge in [0, 0.05) is 23.0 Å². The van der Waals surface area contributed by atoms with E-state index in [1.165, 1.54) is 4.68 Å². The van der Waals surface area contributed by atoms with E-state index < -0.39 is 6.04 Å². The highest BCUT2D eigenvalue weighted by atomic mass is 16.2. The Balaban J connectivity index is 1.70. The van der Waals surface area contributed by atoms with Gasteiger partial charge in [-0.25, -0.2) is 0 Å². The molecule has 30 heavy (non-hydrogen) atoms. The van der Waals surface area contributed by atoms with Crippen molar-refractivity contribution in [1.82, 2.24) is 24.6 Å². The summed E-state index contributed by atoms with van der Waals surface area (Å²) in [5, 5.41) is 8.62. The zero-order valence-corrected chi connectivity index (χ0v) is 17.2. The van der Waals surface area contributed by atoms with Gasteiger partial charge in [0.25, 0.3) is 5.56 Å². The van der Waals surface area contributed by atoms with E-state index in [9.17, 15) is 9.59 Å². The van der Waals surface area contributed by atoms with Crippen LogP contribution in [0, 0.1) is 13.8 Å². The van der Waals surface area contributed by atoms with Gasteiger partial charge in [0.15, 0.2) is 0 Å². The maximum Gasteiger partial charge on any atom is 0.281 e. The van der Waals surface area contributed by atoms with Crippen molar-refractivity contribution >= 4 is 16.7 Å². The minimum atomic E-state index is -0.481. The number of rotatable bonds is 5. The van der Waals surface area contributed by atoms with Gasteiger partial charge in [0.1, 0.15) is 6.04 Å². The summed E-state index contributed by atoms with van der Waals surface area (Å²) in [5.41, 5.74) is 2.89. The summed E-state index contributed by atoms with van der Waals surface area (Å²) < 4.78 is 3.29. The molecule has 1 N–H and O–H groups in total. The average molecular weight is 401 g/mol. The van der Waals surface area contributed by atoms with Gasteiger partial charge in [-0.05, 0) is 45.0 Å². The molecule has 0 bridgehead atoms. The van der Waals surface area contributed by atoms with Crippen molar-refractivity contribution in [3.05, 3.63) is 88.4 Å². The Bertz CT molecular complexity index is 1260. The third-order valence-corrected chi connectivity index (χ3v) is 5.39. The van der Waals surface area contributed by atoms with E-state index in [2.05, 4.69) is 15.4 Å². The first-order valence-electron chi connectivity index (χ1n) is 9.81. The highest BCUT2D eigenvalue weighted by Gasteiger charge is 2.23. The third kappa shape index (κ3) is 3.39. The normalized spacial score (nSPS) is 12.1. The van der Waals surface area contributed by atoms with Crippen LogP contribution in [0.25, 0.3) is 16.5 Å². The fourth-order valence-corrected chi connectivity index (χ4v) is 3.86. The zero-order valence-electron chi connectivity index (χ0n) is 17.2. The number of nitrogens with one attached hydrogen (secondary N) is 1. The molecule has 0 aliphatic heterocycles. The second-order valence-electron chi connectivity index (χ2n) is 7.24. The molecule has 4 aromatic rings. The Labute approximate surface area is 174 Å². The third-order valence-electron chi connectivity index (χ3n) is 5.39. The molecule has 7 nitrogen and oxygen atoms in total. The molecule has 0 fully saturated rings. The first-order valence-corrected chi connectivity index (χ1v) is 9.81. The van der Waals surface area contributed by atoms with Gasteiger partial charge < -0.3 is 9.88 Å². The number of benzene rings is 1. The Morgan fingerprint density at radius 3 is 2.50 bits per heavy atom. The van der Waals surface area contributed by atoms with Crippen LogP contribution < -0.4 is 10.9 Å². The number of nitrogens with zero attached hydrogens (tertiary/aromatic N) is 4. The van der Waals surface area contributed by atoms with Crippen LogP contribution in [0.1, 0.15) is 30.0 Å². The van der Waals surface area contributed by atoms with Crippen molar-refractivity contribution < 1.29 is 4.79 Å². The molecule has 1 amide bonds. The number of hydrogen-bond donors (Lipinski definition) is 1. The monoisotopic (exact) mass is 401 g/mol. The van der Waals surface area contributed by atoms with Crippen molar-refractivity contribution in [2.24, 2.45) is 0 Å². The fraction of sp³-hybridized carbons (Fsp3) is 0.217. The molecule has 3 aromatic heterocycles. The lowest BCUT2D eigenvalue weighted by molar-refractivity contribution is -0.124. The molecule has 1 aromatic carbocycles. The SMILES string of the molecule is Cc1c2cnn(-c3ccccc3)c(=O)c2c(C)n1[C@H](C)C(=O)NCc1ccccn1. The number of aryl methyl sites for hydroxylation is 2. The van der Waals surface area contributed by atoms with E-state index in [-0.39, 0.29) is 11.5 Å². The van der Waals surface area contributed by atoms with E-state index in [0.29, 0.717) is 17.6 Å². The number of amides is 1. The molecule has 4 rings (SSSR count). The maximum absolute atomic E-state index is 13.2. The lowest BCUT2D eigenvalue weighted by Gasteiger charge is -2.18. The van der Waals surface area contributed by atoms with Crippen molar-refractivity contribution in [2.45, 2.75) is 33.4 Å². The number of hydrogen-bond acceptors (Lipinski definition) is 4. The van der Waals surface area contributed by atoms with Crippen molar-refractivity contribution in [2.75, 3.05) is 0 Å². The first-order chi connectivity index (χ1) is 14.5. The molecule has 0 saturated carbocycles. The number of para-hydroxylation sites is 1. The highest BCUT2D eigenvalue weighted by Crippen LogP contribution is 2.26. The van der Waals surface area contributed by atoms with Crippen LogP contribution in [-0.2, 0) is 11.3 Å². The predicted molar refractivity (Wildman–Crippen MR) is 116 cm³/mol. The van der Waals surface area contributed by atoms with Gasteiger partial charge in [0.2, 0.25) is 5.91 Å². The molecule has 0 aliphatic rings. The highest BCUT2D eigenvalue weighted by molar-refractivity contribution is 5.89. The number of carbonyl (C=O) groups excluding carboxylic acids is 1. The van der Waals surface area contributed by atoms with Crippen molar-refractivity contribution in [3.8, 4) is 5.69 Å². The Hall–Kier alpha value is -3.74. The smallest absolute Gasteiger partial charge is 0.281 e. The molecule has 0 aliphatic carbocycles. The Morgan fingerprint density at radius 1 is 1.07 bits per heavy atom. The maximum atomic E-state index is 13.2. The van der Waals surface area contributed by atoms with E-state index >= 15 is 0 Å². The minimum Gasteiger partial charge on any atom is -0.349 e. The number of carbonyl (C=O) groups is 1. The van der Waals surface area contributed by atoms with Crippen LogP contribution in [0.5, 0.6) is 0 Å². The summed E-state index contributed by atoms with van der Waals surface area (Å²) in [6.45, 7) is 5.96. The molecule has 0 spiro atoms. The van der Waals surface area contributed by atoms with Gasteiger partial charge in [-0.1, -0.05) is 24.3 Å². The van der Waals surface area contributed by atoms with Crippen molar-refractivity contribution in [3.63, 3.8) is 0 Å². The van der Waals surface area contributed by atoms with Gasteiger partial charge in [0.05, 0.1) is 29.5 Å². The Kier molecular flexibility index (Phi) is 5.18. The average Bonchev–Trinajstić information content (AvgIpc) is 3.03. The molecule has 0 radical (unpaired) electrons. The summed E-state index contributed by atoms with van der Waals surface area (Å²) in [5.74, 6) is -0.136. The molecule has 0 unspecified atom stereocenters. The van der Waals surface area contributed by atoms with E-state index in [0.717, 1.165) is 22.5 Å². The second-order valence-corrected chi connectivity index (χ2v) is 7.24. The summed E-state index contributed by atoms with van der Waals surface area (Å²) in [6, 6.07) is 14.4. The molecule has 3 heterocycles. The fourth-order valence-electron chi connectivity index (χ4n) is 3.86. The van der Waals surface area contributed by atoms with Gasteiger partial charge in [-0.2, -0.15) is 9.78 Å². The lowest BCUT2D eigenvalue weighted by Crippen LogP contribution is -2.31. The van der Waals surface area contributed by atoms with Crippen LogP contribution in [0.15, 0.2) is 65.7 Å². The largest absolute Gasteiger partial charge is 0.349 e. The number of fused-ring (bicyclic) bond motifs is 1. The molecule has 0 saturated heterocycles. The lowest BCUT2D eigenvalue weighted by atomic mass is 10.2. The van der Waals surface area contributed by atoms with Gasteiger partial charge in [-0.3, -0.25) is 14.6 Å². The predicted octanol–water partition coefficient (Wildman–Crippen LogP) is 3.08. The Morgan fingerprint density at radius 2 is 1.80 bits per heavy atom. The number of aromatic nitrogens is 4. The molecule has 1 atom stereocenters. The second kappa shape index (κ2) is 7.94. The quantitative estimate of drug-likeness (QED) is 0.557. The van der Waals surface area contributed by atoms with Gasteiger partial charge in [-0.15, -0.1) is 0 Å². The zero-order chi connectivity index (χ0) is 21.3. The van der Waals surface area contributed by atoms with E-state index in [1.807, 2.05) is 73.9 Å². The molecule has 7 heteroatoms. The number of pyridine rings is 1. The van der Waals surface area contributed by atoms with Crippen LogP contribution in [0.2, 0.25) is 0 Å². The van der Waals surface area contributed by atoms with Crippen LogP contribution in [0.4, 0.5) is 0 Å². The standard InChI is InChI=1S/C23H23N5O2/c1-15-20-14-26-28(19-10-5-4-6-11-19)23(30)21(20)16(2)27(15)17(3)22(29)25-13-18-9-7-8-12-24-18/h4-12,14,17H,13H2,1-3H3,(H,25,29)/t17-/m1/s1. The summed E-state index contributed by atoms with van der Waals surface area (Å²) in [4.78, 5) is 30.2. The summed E-state index contributed by atoms with van der Waals surface area (Å²) >= 11 is 0. The minimum absolute atomic E-state index is 0.136. The van der Waals surface area contributed by atoms with E-state index in [4.69, 9.17) is 0 Å². The molecular weight excluding hydrogens is 378 g/mol. The topological polar surface area (TPSA) is 81.8 Å². The van der Waals surface area contributed by atoms with E-state index in [1.54, 1.807) is 12.4 Å². The summed E-state index contributed by atoms with van der Waals surface area (Å²) in [6.07, 6.45) is 3.39. The summed E-state index contributed by atoms with van der Waals surface area (Å²) in [7, 11) is 0. The molecular formula is C23H23N5O2. The van der Waals surface area contributed by atoms with Crippen LogP contribution in [-0.4, -0.2) is 25.2 Å². The molecule has 152 valence electrons.